The minimum Gasteiger partial charge on any atom is -0.491 e. The van der Waals surface area contributed by atoms with Crippen LogP contribution < -0.4 is 15.9 Å². The maximum atomic E-state index is 12.8. The Kier molecular flexibility index (Phi) is 6.82. The van der Waals surface area contributed by atoms with Crippen molar-refractivity contribution in [2.45, 2.75) is 30.9 Å². The fourth-order valence-electron chi connectivity index (χ4n) is 2.77. The Morgan fingerprint density at radius 1 is 1.29 bits per heavy atom. The van der Waals surface area contributed by atoms with Gasteiger partial charge in [0.2, 0.25) is 11.6 Å². The molecule has 15 heteroatoms. The number of thioether (sulfide) groups is 1. The van der Waals surface area contributed by atoms with Gasteiger partial charge in [-0.25, -0.2) is 10.1 Å². The molecular formula is C19H21N11O3S. The average molecular weight is 484 g/mol. The van der Waals surface area contributed by atoms with Crippen LogP contribution in [0.4, 0.5) is 5.82 Å². The minimum atomic E-state index is -0.564. The molecule has 0 aliphatic rings. The van der Waals surface area contributed by atoms with Crippen LogP contribution in [0.2, 0.25) is 0 Å². The van der Waals surface area contributed by atoms with Gasteiger partial charge in [-0.3, -0.25) is 4.79 Å². The Morgan fingerprint density at radius 3 is 2.74 bits per heavy atom. The van der Waals surface area contributed by atoms with Gasteiger partial charge in [0.05, 0.1) is 18.0 Å². The van der Waals surface area contributed by atoms with Crippen molar-refractivity contribution in [3.8, 4) is 11.6 Å². The molecule has 0 saturated carbocycles. The molecule has 176 valence electrons. The van der Waals surface area contributed by atoms with E-state index in [0.717, 1.165) is 11.3 Å². The van der Waals surface area contributed by atoms with Crippen LogP contribution in [0.15, 0.2) is 45.5 Å². The average Bonchev–Trinajstić information content (AvgIpc) is 3.52. The molecule has 1 amide bonds. The first kappa shape index (κ1) is 22.9. The monoisotopic (exact) mass is 483 g/mol. The second-order valence-electron chi connectivity index (χ2n) is 7.22. The number of ether oxygens (including phenoxy) is 1. The summed E-state index contributed by atoms with van der Waals surface area (Å²) in [5, 5.41) is 27.8. The van der Waals surface area contributed by atoms with E-state index in [4.69, 9.17) is 10.5 Å². The number of nitrogens with two attached hydrogens (primary N) is 1. The lowest BCUT2D eigenvalue weighted by Gasteiger charge is -2.09. The van der Waals surface area contributed by atoms with Gasteiger partial charge >= 0.3 is 0 Å². The van der Waals surface area contributed by atoms with Crippen molar-refractivity contribution in [3.63, 3.8) is 0 Å². The highest BCUT2D eigenvalue weighted by Crippen LogP contribution is 2.24. The van der Waals surface area contributed by atoms with Gasteiger partial charge in [0, 0.05) is 12.8 Å². The zero-order valence-corrected chi connectivity index (χ0v) is 19.3. The number of nitrogens with zero attached hydrogens (tertiary/aromatic N) is 9. The molecule has 14 nitrogen and oxygen atoms in total. The number of hydrogen-bond acceptors (Lipinski definition) is 12. The van der Waals surface area contributed by atoms with E-state index in [1.807, 2.05) is 38.1 Å². The van der Waals surface area contributed by atoms with E-state index >= 15 is 0 Å². The molecule has 0 bridgehead atoms. The molecule has 4 aromatic rings. The van der Waals surface area contributed by atoms with Gasteiger partial charge in [-0.15, -0.1) is 15.3 Å². The molecule has 1 aromatic carbocycles. The van der Waals surface area contributed by atoms with Crippen LogP contribution in [0.3, 0.4) is 0 Å². The molecule has 0 unspecified atom stereocenters. The number of benzene rings is 1. The topological polar surface area (TPSA) is 177 Å². The summed E-state index contributed by atoms with van der Waals surface area (Å²) in [6.45, 7) is 3.91. The lowest BCUT2D eigenvalue weighted by atomic mass is 10.2. The quantitative estimate of drug-likeness (QED) is 0.199. The van der Waals surface area contributed by atoms with E-state index in [-0.39, 0.29) is 29.2 Å². The van der Waals surface area contributed by atoms with Crippen molar-refractivity contribution in [2.75, 3.05) is 5.73 Å². The molecule has 34 heavy (non-hydrogen) atoms. The number of aryl methyl sites for hydroxylation is 1. The van der Waals surface area contributed by atoms with Crippen molar-refractivity contribution < 1.29 is 14.2 Å². The zero-order valence-electron chi connectivity index (χ0n) is 18.5. The predicted molar refractivity (Wildman–Crippen MR) is 121 cm³/mol. The normalized spacial score (nSPS) is 11.4. The van der Waals surface area contributed by atoms with Gasteiger partial charge in [0.15, 0.2) is 10.9 Å². The summed E-state index contributed by atoms with van der Waals surface area (Å²) in [4.78, 5) is 12.8. The summed E-state index contributed by atoms with van der Waals surface area (Å²) >= 11 is 1.33. The lowest BCUT2D eigenvalue weighted by molar-refractivity contribution is 0.0949. The van der Waals surface area contributed by atoms with Crippen molar-refractivity contribution in [1.82, 2.24) is 45.5 Å². The number of nitrogen functional groups attached to an aromatic ring is 1. The van der Waals surface area contributed by atoms with E-state index in [1.165, 1.54) is 22.7 Å². The fourth-order valence-corrected chi connectivity index (χ4v) is 3.66. The molecule has 0 aliphatic carbocycles. The summed E-state index contributed by atoms with van der Waals surface area (Å²) in [6.07, 6.45) is 3.16. The summed E-state index contributed by atoms with van der Waals surface area (Å²) in [7, 11) is 1.81. The number of carbonyl (C=O) groups excluding carboxylic acids is 1. The fraction of sp³-hybridized carbons (Fsp3) is 0.263. The van der Waals surface area contributed by atoms with E-state index in [9.17, 15) is 4.79 Å². The van der Waals surface area contributed by atoms with E-state index in [1.54, 1.807) is 17.9 Å². The van der Waals surface area contributed by atoms with Crippen LogP contribution in [-0.2, 0) is 12.8 Å². The lowest BCUT2D eigenvalue weighted by Crippen LogP contribution is -2.20. The Morgan fingerprint density at radius 2 is 2.09 bits per heavy atom. The minimum absolute atomic E-state index is 0.00433. The first-order valence-electron chi connectivity index (χ1n) is 10.0. The second kappa shape index (κ2) is 10.1. The highest BCUT2D eigenvalue weighted by atomic mass is 32.2. The predicted octanol–water partition coefficient (Wildman–Crippen LogP) is 1.20. The number of rotatable bonds is 9. The third kappa shape index (κ3) is 5.20. The Balaban J connectivity index is 1.51. The largest absolute Gasteiger partial charge is 0.491 e. The van der Waals surface area contributed by atoms with Crippen molar-refractivity contribution >= 4 is 29.7 Å². The standard InChI is InChI=1S/C19H21N11O3S/c1-11(2)32-13-6-4-12(5-7-13)8-21-24-18(31)15-14(9-34-19-25-22-10-29(19)3)30(28-23-15)17-16(20)26-33-27-17/h4-8,10-11H,9H2,1-3H3,(H2,20,26)(H,24,31). The van der Waals surface area contributed by atoms with Crippen LogP contribution in [0.1, 0.15) is 35.6 Å². The van der Waals surface area contributed by atoms with Gasteiger partial charge in [-0.2, -0.15) is 9.78 Å². The number of nitrogens with one attached hydrogen (secondary N) is 1. The first-order chi connectivity index (χ1) is 16.4. The van der Waals surface area contributed by atoms with Crippen LogP contribution in [0, 0.1) is 0 Å². The van der Waals surface area contributed by atoms with Crippen molar-refractivity contribution in [2.24, 2.45) is 12.1 Å². The summed E-state index contributed by atoms with van der Waals surface area (Å²) in [5.41, 5.74) is 9.48. The third-order valence-corrected chi connectivity index (χ3v) is 5.36. The van der Waals surface area contributed by atoms with Crippen LogP contribution in [0.5, 0.6) is 5.75 Å². The van der Waals surface area contributed by atoms with Crippen LogP contribution in [0.25, 0.3) is 5.82 Å². The third-order valence-electron chi connectivity index (χ3n) is 4.31. The number of hydrazone groups is 1. The molecule has 3 aromatic heterocycles. The van der Waals surface area contributed by atoms with E-state index in [2.05, 4.69) is 46.0 Å². The maximum Gasteiger partial charge on any atom is 0.293 e. The molecule has 0 saturated heterocycles. The Bertz CT molecular complexity index is 1290. The van der Waals surface area contributed by atoms with Gasteiger partial charge in [-0.1, -0.05) is 17.0 Å². The van der Waals surface area contributed by atoms with Crippen LogP contribution in [-0.4, -0.2) is 58.3 Å². The number of anilines is 1. The number of amides is 1. The molecule has 3 N–H and O–H groups in total. The van der Waals surface area contributed by atoms with Crippen molar-refractivity contribution in [3.05, 3.63) is 47.5 Å². The highest BCUT2D eigenvalue weighted by Gasteiger charge is 2.24. The molecule has 3 heterocycles. The molecule has 0 fully saturated rings. The summed E-state index contributed by atoms with van der Waals surface area (Å²) in [6, 6.07) is 7.31. The molecule has 0 atom stereocenters. The summed E-state index contributed by atoms with van der Waals surface area (Å²) < 4.78 is 13.3. The molecule has 0 spiro atoms. The highest BCUT2D eigenvalue weighted by molar-refractivity contribution is 7.98. The van der Waals surface area contributed by atoms with Gasteiger partial charge in [0.25, 0.3) is 5.91 Å². The molecule has 4 rings (SSSR count). The van der Waals surface area contributed by atoms with Gasteiger partial charge < -0.3 is 15.0 Å². The Hall–Kier alpha value is -4.27. The smallest absolute Gasteiger partial charge is 0.293 e. The number of aromatic nitrogens is 8. The first-order valence-corrected chi connectivity index (χ1v) is 11.0. The second-order valence-corrected chi connectivity index (χ2v) is 8.16. The maximum absolute atomic E-state index is 12.8. The van der Waals surface area contributed by atoms with Crippen molar-refractivity contribution in [1.29, 1.82) is 0 Å². The van der Waals surface area contributed by atoms with Crippen LogP contribution >= 0.6 is 11.8 Å². The zero-order chi connectivity index (χ0) is 24.1. The van der Waals surface area contributed by atoms with Gasteiger partial charge in [-0.05, 0) is 54.0 Å². The summed E-state index contributed by atoms with van der Waals surface area (Å²) in [5.74, 6) is 0.567. The van der Waals surface area contributed by atoms with E-state index in [0.29, 0.717) is 10.9 Å². The molecule has 0 radical (unpaired) electrons. The number of carbonyl (C=O) groups is 1. The SMILES string of the molecule is CC(C)Oc1ccc(C=NNC(=O)c2nnn(-c3nonc3N)c2CSc2nncn2C)cc1. The molecular weight excluding hydrogens is 462 g/mol. The van der Waals surface area contributed by atoms with E-state index < -0.39 is 5.91 Å². The van der Waals surface area contributed by atoms with Gasteiger partial charge in [0.1, 0.15) is 12.1 Å². The number of hydrogen-bond donors (Lipinski definition) is 2. The Labute approximate surface area is 197 Å². The molecule has 0 aliphatic heterocycles.